The van der Waals surface area contributed by atoms with Crippen molar-refractivity contribution in [2.75, 3.05) is 7.05 Å². The fraction of sp³-hybridized carbons (Fsp3) is 0.357. The molecule has 0 saturated heterocycles. The largest absolute Gasteiger partial charge is 0.316 e. The van der Waals surface area contributed by atoms with Crippen LogP contribution in [-0.2, 0) is 13.0 Å². The third-order valence-corrected chi connectivity index (χ3v) is 3.07. The van der Waals surface area contributed by atoms with Gasteiger partial charge in [-0.25, -0.2) is 4.68 Å². The number of rotatable bonds is 4. The second-order valence-electron chi connectivity index (χ2n) is 4.22. The van der Waals surface area contributed by atoms with Crippen LogP contribution in [0.3, 0.4) is 0 Å². The first-order valence-corrected chi connectivity index (χ1v) is 6.03. The molecule has 3 nitrogen and oxygen atoms in total. The van der Waals surface area contributed by atoms with Crippen molar-refractivity contribution in [1.29, 1.82) is 0 Å². The fourth-order valence-electron chi connectivity index (χ4n) is 1.94. The number of aromatic nitrogens is 2. The summed E-state index contributed by atoms with van der Waals surface area (Å²) in [6.45, 7) is 5.13. The Morgan fingerprint density at radius 2 is 1.94 bits per heavy atom. The van der Waals surface area contributed by atoms with Gasteiger partial charge in [0.25, 0.3) is 0 Å². The molecule has 0 spiro atoms. The van der Waals surface area contributed by atoms with Gasteiger partial charge in [0.1, 0.15) is 0 Å². The first kappa shape index (κ1) is 11.9. The highest BCUT2D eigenvalue weighted by Crippen LogP contribution is 2.15. The molecule has 0 unspecified atom stereocenters. The molecule has 0 atom stereocenters. The minimum absolute atomic E-state index is 0.860. The molecule has 0 saturated carbocycles. The number of nitrogens with zero attached hydrogens (tertiary/aromatic N) is 2. The highest BCUT2D eigenvalue weighted by molar-refractivity contribution is 5.37. The Morgan fingerprint density at radius 3 is 2.53 bits per heavy atom. The van der Waals surface area contributed by atoms with E-state index < -0.39 is 0 Å². The zero-order valence-electron chi connectivity index (χ0n) is 10.7. The van der Waals surface area contributed by atoms with Crippen LogP contribution in [0.15, 0.2) is 30.5 Å². The van der Waals surface area contributed by atoms with E-state index in [1.807, 2.05) is 17.9 Å². The number of benzene rings is 1. The monoisotopic (exact) mass is 229 g/mol. The van der Waals surface area contributed by atoms with Crippen molar-refractivity contribution < 1.29 is 0 Å². The van der Waals surface area contributed by atoms with Crippen molar-refractivity contribution >= 4 is 0 Å². The second kappa shape index (κ2) is 5.15. The van der Waals surface area contributed by atoms with Crippen molar-refractivity contribution in [3.63, 3.8) is 0 Å². The van der Waals surface area contributed by atoms with Gasteiger partial charge in [-0.15, -0.1) is 0 Å². The molecule has 1 heterocycles. The molecule has 17 heavy (non-hydrogen) atoms. The van der Waals surface area contributed by atoms with Crippen LogP contribution in [-0.4, -0.2) is 16.8 Å². The molecule has 0 radical (unpaired) electrons. The molecule has 2 aromatic rings. The van der Waals surface area contributed by atoms with Crippen molar-refractivity contribution in [3.05, 3.63) is 47.3 Å². The van der Waals surface area contributed by atoms with Gasteiger partial charge in [0.2, 0.25) is 0 Å². The summed E-state index contributed by atoms with van der Waals surface area (Å²) in [5.41, 5.74) is 4.92. The van der Waals surface area contributed by atoms with Crippen molar-refractivity contribution in [1.82, 2.24) is 15.1 Å². The SMILES string of the molecule is CCc1ccc(-n2ncc(CNC)c2C)cc1. The van der Waals surface area contributed by atoms with Crippen LogP contribution in [0.2, 0.25) is 0 Å². The summed E-state index contributed by atoms with van der Waals surface area (Å²) in [5, 5.41) is 7.59. The lowest BCUT2D eigenvalue weighted by molar-refractivity contribution is 0.801. The van der Waals surface area contributed by atoms with Gasteiger partial charge in [0, 0.05) is 17.8 Å². The summed E-state index contributed by atoms with van der Waals surface area (Å²) < 4.78 is 1.99. The van der Waals surface area contributed by atoms with Crippen LogP contribution in [0.1, 0.15) is 23.7 Å². The number of nitrogens with one attached hydrogen (secondary N) is 1. The summed E-state index contributed by atoms with van der Waals surface area (Å²) >= 11 is 0. The van der Waals surface area contributed by atoms with Gasteiger partial charge in [0.15, 0.2) is 0 Å². The topological polar surface area (TPSA) is 29.9 Å². The van der Waals surface area contributed by atoms with Crippen LogP contribution in [0, 0.1) is 6.92 Å². The van der Waals surface area contributed by atoms with E-state index in [4.69, 9.17) is 0 Å². The summed E-state index contributed by atoms with van der Waals surface area (Å²) in [6, 6.07) is 8.58. The predicted molar refractivity (Wildman–Crippen MR) is 70.4 cm³/mol. The molecular formula is C14H19N3. The maximum atomic E-state index is 4.44. The molecule has 0 aliphatic carbocycles. The minimum Gasteiger partial charge on any atom is -0.316 e. The predicted octanol–water partition coefficient (Wildman–Crippen LogP) is 2.46. The van der Waals surface area contributed by atoms with Crippen LogP contribution < -0.4 is 5.32 Å². The van der Waals surface area contributed by atoms with Crippen molar-refractivity contribution in [2.45, 2.75) is 26.8 Å². The van der Waals surface area contributed by atoms with E-state index in [9.17, 15) is 0 Å². The molecule has 1 N–H and O–H groups in total. The molecule has 1 aromatic heterocycles. The summed E-state index contributed by atoms with van der Waals surface area (Å²) in [5.74, 6) is 0. The van der Waals surface area contributed by atoms with E-state index in [-0.39, 0.29) is 0 Å². The first-order chi connectivity index (χ1) is 8.26. The molecule has 0 aliphatic heterocycles. The van der Waals surface area contributed by atoms with Gasteiger partial charge in [-0.05, 0) is 38.1 Å². The Kier molecular flexibility index (Phi) is 3.59. The maximum Gasteiger partial charge on any atom is 0.0648 e. The Morgan fingerprint density at radius 1 is 1.24 bits per heavy atom. The molecular weight excluding hydrogens is 210 g/mol. The average molecular weight is 229 g/mol. The van der Waals surface area contributed by atoms with E-state index in [2.05, 4.69) is 48.5 Å². The van der Waals surface area contributed by atoms with Gasteiger partial charge < -0.3 is 5.32 Å². The van der Waals surface area contributed by atoms with E-state index in [0.717, 1.165) is 18.7 Å². The zero-order valence-corrected chi connectivity index (χ0v) is 10.7. The summed E-state index contributed by atoms with van der Waals surface area (Å²) in [4.78, 5) is 0. The van der Waals surface area contributed by atoms with Gasteiger partial charge in [-0.2, -0.15) is 5.10 Å². The van der Waals surface area contributed by atoms with Crippen LogP contribution in [0.5, 0.6) is 0 Å². The van der Waals surface area contributed by atoms with E-state index in [1.54, 1.807) is 0 Å². The summed E-state index contributed by atoms with van der Waals surface area (Å²) in [6.07, 6.45) is 3.00. The minimum atomic E-state index is 0.860. The molecule has 3 heteroatoms. The molecule has 0 amide bonds. The molecule has 90 valence electrons. The second-order valence-corrected chi connectivity index (χ2v) is 4.22. The molecule has 0 bridgehead atoms. The highest BCUT2D eigenvalue weighted by atomic mass is 15.3. The van der Waals surface area contributed by atoms with Crippen molar-refractivity contribution in [2.24, 2.45) is 0 Å². The van der Waals surface area contributed by atoms with Crippen LogP contribution >= 0.6 is 0 Å². The zero-order chi connectivity index (χ0) is 12.3. The van der Waals surface area contributed by atoms with Crippen LogP contribution in [0.4, 0.5) is 0 Å². The standard InChI is InChI=1S/C14H19N3/c1-4-12-5-7-14(8-6-12)17-11(2)13(9-15-3)10-16-17/h5-8,10,15H,4,9H2,1-3H3. The lowest BCUT2D eigenvalue weighted by Gasteiger charge is -2.06. The molecule has 2 rings (SSSR count). The first-order valence-electron chi connectivity index (χ1n) is 6.03. The lowest BCUT2D eigenvalue weighted by Crippen LogP contribution is -2.06. The third kappa shape index (κ3) is 2.39. The van der Waals surface area contributed by atoms with Gasteiger partial charge in [-0.1, -0.05) is 19.1 Å². The third-order valence-electron chi connectivity index (χ3n) is 3.07. The molecule has 0 fully saturated rings. The van der Waals surface area contributed by atoms with E-state index >= 15 is 0 Å². The molecule has 0 aliphatic rings. The van der Waals surface area contributed by atoms with Crippen molar-refractivity contribution in [3.8, 4) is 5.69 Å². The average Bonchev–Trinajstić information content (AvgIpc) is 2.72. The van der Waals surface area contributed by atoms with Gasteiger partial charge in [-0.3, -0.25) is 0 Å². The van der Waals surface area contributed by atoms with E-state index in [1.165, 1.54) is 16.8 Å². The van der Waals surface area contributed by atoms with E-state index in [0.29, 0.717) is 0 Å². The maximum absolute atomic E-state index is 4.44. The Labute approximate surface area is 102 Å². The Bertz CT molecular complexity index is 483. The summed E-state index contributed by atoms with van der Waals surface area (Å²) in [7, 11) is 1.95. The normalized spacial score (nSPS) is 10.8. The van der Waals surface area contributed by atoms with Crippen LogP contribution in [0.25, 0.3) is 5.69 Å². The number of hydrogen-bond acceptors (Lipinski definition) is 2. The Balaban J connectivity index is 2.32. The smallest absolute Gasteiger partial charge is 0.0648 e. The molecule has 1 aromatic carbocycles. The van der Waals surface area contributed by atoms with Gasteiger partial charge in [0.05, 0.1) is 11.9 Å². The number of aryl methyl sites for hydroxylation is 1. The fourth-order valence-corrected chi connectivity index (χ4v) is 1.94. The Hall–Kier alpha value is -1.61. The number of hydrogen-bond donors (Lipinski definition) is 1. The van der Waals surface area contributed by atoms with Gasteiger partial charge >= 0.3 is 0 Å². The quantitative estimate of drug-likeness (QED) is 0.872. The lowest BCUT2D eigenvalue weighted by atomic mass is 10.1. The highest BCUT2D eigenvalue weighted by Gasteiger charge is 2.06.